The maximum absolute atomic E-state index is 14.1. The van der Waals surface area contributed by atoms with Gasteiger partial charge < -0.3 is 5.11 Å². The summed E-state index contributed by atoms with van der Waals surface area (Å²) in [6.07, 6.45) is 1.79. The second kappa shape index (κ2) is 12.9. The molecule has 2 N–H and O–H groups in total. The summed E-state index contributed by atoms with van der Waals surface area (Å²) in [5.41, 5.74) is 2.10. The van der Waals surface area contributed by atoms with Crippen LogP contribution in [0.4, 0.5) is 10.1 Å². The minimum Gasteiger partial charge on any atom is -0.207 e. The topological polar surface area (TPSA) is 88.0 Å². The minimum absolute atomic E-state index is 0.0852. The van der Waals surface area contributed by atoms with Gasteiger partial charge in [-0.25, -0.2) is 4.39 Å². The zero-order valence-electron chi connectivity index (χ0n) is 20.8. The number of anilines is 1. The maximum atomic E-state index is 14.1. The van der Waals surface area contributed by atoms with Crippen LogP contribution < -0.4 is 12.9 Å². The summed E-state index contributed by atoms with van der Waals surface area (Å²) in [6, 6.07) is 26.4. The smallest absolute Gasteiger partial charge is 0.207 e. The van der Waals surface area contributed by atoms with Crippen LogP contribution in [0.1, 0.15) is 18.1 Å². The molecule has 0 aliphatic carbocycles. The first kappa shape index (κ1) is 27.6. The summed E-state index contributed by atoms with van der Waals surface area (Å²) in [4.78, 5) is 26.3. The SMILES string of the molecule is CC(=O)O.O=C1N=C(Nc2cc[c]([Na])cc2)S/C1=C/c1cc2ccccc2cc1OCc1ccccc1F. The van der Waals surface area contributed by atoms with Crippen LogP contribution >= 0.6 is 11.8 Å². The fourth-order valence-electron chi connectivity index (χ4n) is 3.61. The van der Waals surface area contributed by atoms with Crippen molar-refractivity contribution in [3.63, 3.8) is 0 Å². The summed E-state index contributed by atoms with van der Waals surface area (Å²) >= 11 is 2.28. The molecule has 9 heteroatoms. The number of nitrogens with zero attached hydrogens (tertiary/aromatic N) is 1. The Hall–Kier alpha value is -3.43. The monoisotopic (exact) mass is 536 g/mol. The number of amides is 1. The number of carboxylic acids is 1. The molecule has 1 aliphatic heterocycles. The van der Waals surface area contributed by atoms with Crippen LogP contribution in [0, 0.1) is 5.82 Å². The van der Waals surface area contributed by atoms with E-state index in [1.54, 1.807) is 24.3 Å². The van der Waals surface area contributed by atoms with Crippen molar-refractivity contribution in [3.8, 4) is 5.75 Å². The van der Waals surface area contributed by atoms with Crippen molar-refractivity contribution in [2.45, 2.75) is 13.5 Å². The third kappa shape index (κ3) is 7.55. The molecule has 1 amide bonds. The molecule has 0 fully saturated rings. The molecular weight excluding hydrogens is 514 g/mol. The number of aliphatic carboxylic acids is 1. The molecule has 5 rings (SSSR count). The van der Waals surface area contributed by atoms with E-state index in [0.717, 1.165) is 56.9 Å². The van der Waals surface area contributed by atoms with Crippen molar-refractivity contribution >= 4 is 82.1 Å². The molecule has 0 bridgehead atoms. The number of benzene rings is 4. The Morgan fingerprint density at radius 1 is 1.05 bits per heavy atom. The Labute approximate surface area is 241 Å². The van der Waals surface area contributed by atoms with E-state index < -0.39 is 5.97 Å². The molecule has 0 saturated carbocycles. The average molecular weight is 537 g/mol. The Bertz CT molecular complexity index is 1550. The standard InChI is InChI=1S/C27H18FN2O2S.C2H4O2.Na/c28-23-13-7-6-10-20(23)17-32-24-15-19-9-5-4-8-18(19)14-21(24)16-25-26(31)30-27(33-25)29-22-11-2-1-3-12-22;1-2(3)4;/h2-16H,17H2,(H,29,30,31);1H3,(H,3,4);/b25-16+;;. The van der Waals surface area contributed by atoms with E-state index in [0.29, 0.717) is 21.4 Å². The van der Waals surface area contributed by atoms with E-state index in [1.807, 2.05) is 48.5 Å². The van der Waals surface area contributed by atoms with Gasteiger partial charge in [0, 0.05) is 12.5 Å². The van der Waals surface area contributed by atoms with E-state index in [9.17, 15) is 9.18 Å². The van der Waals surface area contributed by atoms with Crippen molar-refractivity contribution in [1.82, 2.24) is 0 Å². The Morgan fingerprint density at radius 2 is 1.68 bits per heavy atom. The first-order chi connectivity index (χ1) is 18.3. The third-order valence-corrected chi connectivity index (χ3v) is 6.99. The van der Waals surface area contributed by atoms with E-state index in [4.69, 9.17) is 14.6 Å². The van der Waals surface area contributed by atoms with Crippen LogP contribution in [-0.2, 0) is 16.2 Å². The van der Waals surface area contributed by atoms with Gasteiger partial charge in [-0.2, -0.15) is 0 Å². The van der Waals surface area contributed by atoms with Gasteiger partial charge in [0.25, 0.3) is 5.97 Å². The van der Waals surface area contributed by atoms with Gasteiger partial charge in [-0.1, -0.05) is 42.5 Å². The van der Waals surface area contributed by atoms with E-state index in [2.05, 4.69) is 22.4 Å². The summed E-state index contributed by atoms with van der Waals surface area (Å²) in [5.74, 6) is -0.875. The van der Waals surface area contributed by atoms with Gasteiger partial charge in [0.15, 0.2) is 0 Å². The van der Waals surface area contributed by atoms with Gasteiger partial charge in [-0.05, 0) is 11.5 Å². The summed E-state index contributed by atoms with van der Waals surface area (Å²) in [5, 5.41) is 13.2. The number of rotatable bonds is 5. The van der Waals surface area contributed by atoms with Crippen LogP contribution in [0.15, 0.2) is 94.8 Å². The Kier molecular flexibility index (Phi) is 9.36. The molecule has 0 spiro atoms. The van der Waals surface area contributed by atoms with Crippen molar-refractivity contribution in [3.05, 3.63) is 107 Å². The van der Waals surface area contributed by atoms with Gasteiger partial charge in [-0.3, -0.25) is 4.79 Å². The molecule has 0 radical (unpaired) electrons. The molecule has 4 aromatic rings. The van der Waals surface area contributed by atoms with Gasteiger partial charge in [0.05, 0.1) is 0 Å². The van der Waals surface area contributed by atoms with Gasteiger partial charge in [0.2, 0.25) is 0 Å². The molecule has 1 heterocycles. The molecule has 1 aliphatic rings. The quantitative estimate of drug-likeness (QED) is 0.258. The molecule has 186 valence electrons. The van der Waals surface area contributed by atoms with E-state index in [1.165, 1.54) is 20.6 Å². The second-order valence-electron chi connectivity index (χ2n) is 8.46. The zero-order chi connectivity index (χ0) is 27.1. The Morgan fingerprint density at radius 3 is 2.37 bits per heavy atom. The van der Waals surface area contributed by atoms with Crippen LogP contribution in [0.2, 0.25) is 0 Å². The molecule has 4 aromatic carbocycles. The number of nitrogens with one attached hydrogen (secondary N) is 1. The fourth-order valence-corrected chi connectivity index (χ4v) is 4.77. The van der Waals surface area contributed by atoms with Crippen LogP contribution in [-0.4, -0.2) is 50.1 Å². The molecule has 0 unspecified atom stereocenters. The summed E-state index contributed by atoms with van der Waals surface area (Å²) < 4.78 is 21.4. The normalized spacial score (nSPS) is 13.6. The number of hydrogen-bond donors (Lipinski definition) is 2. The number of carbonyl (C=O) groups is 2. The first-order valence-electron chi connectivity index (χ1n) is 11.7. The van der Waals surface area contributed by atoms with Crippen molar-refractivity contribution in [1.29, 1.82) is 0 Å². The van der Waals surface area contributed by atoms with E-state index in [-0.39, 0.29) is 18.3 Å². The average Bonchev–Trinajstić information content (AvgIpc) is 3.22. The third-order valence-electron chi connectivity index (χ3n) is 5.43. The predicted molar refractivity (Wildman–Crippen MR) is 151 cm³/mol. The number of halogens is 1. The molecule has 6 nitrogen and oxygen atoms in total. The van der Waals surface area contributed by atoms with Crippen LogP contribution in [0.5, 0.6) is 5.75 Å². The van der Waals surface area contributed by atoms with Crippen molar-refractivity contribution < 1.29 is 23.8 Å². The number of hydrogen-bond acceptors (Lipinski definition) is 5. The number of carbonyl (C=O) groups excluding carboxylic acids is 1. The first-order valence-corrected chi connectivity index (χ1v) is 13.5. The van der Waals surface area contributed by atoms with Gasteiger partial charge in [-0.15, -0.1) is 0 Å². The molecule has 0 atom stereocenters. The van der Waals surface area contributed by atoms with Gasteiger partial charge in [0.1, 0.15) is 12.4 Å². The number of fused-ring (bicyclic) bond motifs is 1. The predicted octanol–water partition coefficient (Wildman–Crippen LogP) is 5.53. The number of amidine groups is 1. The molecule has 38 heavy (non-hydrogen) atoms. The number of carboxylic acid groups (broad SMARTS) is 1. The molecular formula is C29H22FN2NaO4S. The zero-order valence-corrected chi connectivity index (χ0v) is 23.6. The van der Waals surface area contributed by atoms with Crippen molar-refractivity contribution in [2.75, 3.05) is 5.32 Å². The summed E-state index contributed by atoms with van der Waals surface area (Å²) in [6.45, 7) is 1.17. The van der Waals surface area contributed by atoms with E-state index >= 15 is 0 Å². The number of aliphatic imine (C=N–C) groups is 1. The van der Waals surface area contributed by atoms with Crippen LogP contribution in [0.3, 0.4) is 0 Å². The van der Waals surface area contributed by atoms with Crippen LogP contribution in [0.25, 0.3) is 16.8 Å². The molecule has 0 saturated heterocycles. The fraction of sp³-hybridized carbons (Fsp3) is 0.0690. The molecule has 0 aromatic heterocycles. The Balaban J connectivity index is 0.000000786. The number of thioether (sulfide) groups is 1. The van der Waals surface area contributed by atoms with Gasteiger partial charge >= 0.3 is 143 Å². The number of ether oxygens (including phenoxy) is 1. The van der Waals surface area contributed by atoms with Crippen molar-refractivity contribution in [2.24, 2.45) is 4.99 Å². The minimum atomic E-state index is -0.833. The second-order valence-corrected chi connectivity index (χ2v) is 10.6. The summed E-state index contributed by atoms with van der Waals surface area (Å²) in [7, 11) is 0.